The highest BCUT2D eigenvalue weighted by Gasteiger charge is 2.27. The van der Waals surface area contributed by atoms with Crippen molar-refractivity contribution in [3.05, 3.63) is 46.7 Å². The summed E-state index contributed by atoms with van der Waals surface area (Å²) in [5, 5.41) is 8.86. The van der Waals surface area contributed by atoms with Gasteiger partial charge in [0.15, 0.2) is 0 Å². The van der Waals surface area contributed by atoms with Gasteiger partial charge in [0, 0.05) is 30.4 Å². The number of nitrogens with zero attached hydrogens (tertiary/aromatic N) is 3. The molecule has 1 aromatic heterocycles. The van der Waals surface area contributed by atoms with Gasteiger partial charge in [0.1, 0.15) is 0 Å². The third kappa shape index (κ3) is 3.94. The molecule has 0 spiro atoms. The molecule has 1 aromatic carbocycles. The van der Waals surface area contributed by atoms with Crippen molar-refractivity contribution in [2.45, 2.75) is 38.6 Å². The van der Waals surface area contributed by atoms with Crippen LogP contribution in [-0.2, 0) is 0 Å². The van der Waals surface area contributed by atoms with E-state index in [1.807, 2.05) is 42.3 Å². The summed E-state index contributed by atoms with van der Waals surface area (Å²) < 4.78 is 1.75. The minimum atomic E-state index is 0.0864. The number of rotatable bonds is 5. The van der Waals surface area contributed by atoms with Crippen molar-refractivity contribution in [3.63, 3.8) is 0 Å². The smallest absolute Gasteiger partial charge is 0.257 e. The lowest BCUT2D eigenvalue weighted by Crippen LogP contribution is -2.45. The largest absolute Gasteiger partial charge is 0.338 e. The van der Waals surface area contributed by atoms with E-state index in [1.54, 1.807) is 4.68 Å². The van der Waals surface area contributed by atoms with Crippen molar-refractivity contribution >= 4 is 17.5 Å². The zero-order valence-electron chi connectivity index (χ0n) is 15.1. The van der Waals surface area contributed by atoms with Crippen molar-refractivity contribution in [2.75, 3.05) is 19.6 Å². The fraction of sp³-hybridized carbons (Fsp3) is 0.500. The van der Waals surface area contributed by atoms with Crippen molar-refractivity contribution in [1.29, 1.82) is 0 Å². The van der Waals surface area contributed by atoms with Gasteiger partial charge in [-0.15, -0.1) is 0 Å². The lowest BCUT2D eigenvalue weighted by atomic mass is 10.0. The van der Waals surface area contributed by atoms with Crippen molar-refractivity contribution in [1.82, 2.24) is 20.0 Å². The maximum Gasteiger partial charge on any atom is 0.257 e. The van der Waals surface area contributed by atoms with Crippen LogP contribution in [0, 0.1) is 12.8 Å². The summed E-state index contributed by atoms with van der Waals surface area (Å²) in [7, 11) is 0. The standard InChI is InChI=1S/C20H25ClN4O/c1-14-19(13-25(23-14)18-6-4-16(21)5-7-18)20(26)24-10-8-17(9-11-24)22-12-15-2-3-15/h4-7,13,15,17,22H,2-3,8-12H2,1H3. The number of aromatic nitrogens is 2. The first-order valence-electron chi connectivity index (χ1n) is 9.45. The third-order valence-corrected chi connectivity index (χ3v) is 5.65. The Balaban J connectivity index is 1.39. The second-order valence-corrected chi connectivity index (χ2v) is 7.90. The average molecular weight is 373 g/mol. The Morgan fingerprint density at radius 1 is 1.19 bits per heavy atom. The first-order chi connectivity index (χ1) is 12.6. The minimum Gasteiger partial charge on any atom is -0.338 e. The topological polar surface area (TPSA) is 50.2 Å². The molecule has 0 unspecified atom stereocenters. The van der Waals surface area contributed by atoms with Gasteiger partial charge in [-0.3, -0.25) is 4.79 Å². The number of carbonyl (C=O) groups is 1. The first-order valence-corrected chi connectivity index (χ1v) is 9.83. The summed E-state index contributed by atoms with van der Waals surface area (Å²) >= 11 is 5.95. The number of aryl methyl sites for hydroxylation is 1. The van der Waals surface area contributed by atoms with Crippen LogP contribution in [0.1, 0.15) is 41.7 Å². The second kappa shape index (κ2) is 7.41. The van der Waals surface area contributed by atoms with Crippen molar-refractivity contribution in [2.24, 2.45) is 5.92 Å². The summed E-state index contributed by atoms with van der Waals surface area (Å²) in [5.41, 5.74) is 2.35. The molecule has 2 aliphatic rings. The van der Waals surface area contributed by atoms with E-state index in [0.717, 1.165) is 49.8 Å². The lowest BCUT2D eigenvalue weighted by Gasteiger charge is -2.32. The molecule has 0 bridgehead atoms. The molecular weight excluding hydrogens is 348 g/mol. The molecule has 1 saturated heterocycles. The number of piperidine rings is 1. The molecule has 5 nitrogen and oxygen atoms in total. The van der Waals surface area contributed by atoms with E-state index in [1.165, 1.54) is 12.8 Å². The Morgan fingerprint density at radius 2 is 1.88 bits per heavy atom. The lowest BCUT2D eigenvalue weighted by molar-refractivity contribution is 0.0704. The number of likely N-dealkylation sites (tertiary alicyclic amines) is 1. The molecule has 1 N–H and O–H groups in total. The van der Waals surface area contributed by atoms with E-state index in [4.69, 9.17) is 11.6 Å². The molecule has 0 radical (unpaired) electrons. The summed E-state index contributed by atoms with van der Waals surface area (Å²) in [6.07, 6.45) is 6.65. The highest BCUT2D eigenvalue weighted by atomic mass is 35.5. The van der Waals surface area contributed by atoms with Gasteiger partial charge in [-0.1, -0.05) is 11.6 Å². The second-order valence-electron chi connectivity index (χ2n) is 7.47. The molecule has 0 atom stereocenters. The molecule has 1 aliphatic carbocycles. The van der Waals surface area contributed by atoms with E-state index < -0.39 is 0 Å². The third-order valence-electron chi connectivity index (χ3n) is 5.39. The highest BCUT2D eigenvalue weighted by Crippen LogP contribution is 2.28. The maximum atomic E-state index is 12.9. The summed E-state index contributed by atoms with van der Waals surface area (Å²) in [5.74, 6) is 0.986. The van der Waals surface area contributed by atoms with Gasteiger partial charge in [-0.25, -0.2) is 4.68 Å². The van der Waals surface area contributed by atoms with Crippen LogP contribution in [0.4, 0.5) is 0 Å². The van der Waals surface area contributed by atoms with Crippen LogP contribution in [0.25, 0.3) is 5.69 Å². The zero-order chi connectivity index (χ0) is 18.1. The Hall–Kier alpha value is -1.85. The van der Waals surface area contributed by atoms with Crippen LogP contribution in [0.3, 0.4) is 0 Å². The number of carbonyl (C=O) groups excluding carboxylic acids is 1. The summed E-state index contributed by atoms with van der Waals surface area (Å²) in [6.45, 7) is 4.66. The highest BCUT2D eigenvalue weighted by molar-refractivity contribution is 6.30. The van der Waals surface area contributed by atoms with Gasteiger partial charge >= 0.3 is 0 Å². The number of nitrogens with one attached hydrogen (secondary N) is 1. The van der Waals surface area contributed by atoms with Gasteiger partial charge in [-0.05, 0) is 69.3 Å². The fourth-order valence-corrected chi connectivity index (χ4v) is 3.63. The van der Waals surface area contributed by atoms with E-state index >= 15 is 0 Å². The van der Waals surface area contributed by atoms with E-state index in [9.17, 15) is 4.79 Å². The Bertz CT molecular complexity index is 774. The SMILES string of the molecule is Cc1nn(-c2ccc(Cl)cc2)cc1C(=O)N1CCC(NCC2CC2)CC1. The van der Waals surface area contributed by atoms with Crippen molar-refractivity contribution < 1.29 is 4.79 Å². The summed E-state index contributed by atoms with van der Waals surface area (Å²) in [4.78, 5) is 14.9. The van der Waals surface area contributed by atoms with E-state index in [2.05, 4.69) is 10.4 Å². The maximum absolute atomic E-state index is 12.9. The summed E-state index contributed by atoms with van der Waals surface area (Å²) in [6, 6.07) is 8.02. The first kappa shape index (κ1) is 17.6. The van der Waals surface area contributed by atoms with Gasteiger partial charge in [0.25, 0.3) is 5.91 Å². The Labute approximate surface area is 159 Å². The zero-order valence-corrected chi connectivity index (χ0v) is 15.9. The van der Waals surface area contributed by atoms with Gasteiger partial charge in [0.2, 0.25) is 0 Å². The molecule has 1 saturated carbocycles. The molecule has 1 aliphatic heterocycles. The molecule has 2 aromatic rings. The van der Waals surface area contributed by atoms with Crippen LogP contribution in [0.5, 0.6) is 0 Å². The number of hydrogen-bond donors (Lipinski definition) is 1. The van der Waals surface area contributed by atoms with E-state index in [0.29, 0.717) is 16.6 Å². The fourth-order valence-electron chi connectivity index (χ4n) is 3.51. The normalized spacial score (nSPS) is 18.3. The van der Waals surface area contributed by atoms with Gasteiger partial charge in [-0.2, -0.15) is 5.10 Å². The minimum absolute atomic E-state index is 0.0864. The van der Waals surface area contributed by atoms with Crippen LogP contribution in [0.15, 0.2) is 30.5 Å². The molecule has 4 rings (SSSR count). The molecule has 138 valence electrons. The number of hydrogen-bond acceptors (Lipinski definition) is 3. The molecule has 1 amide bonds. The van der Waals surface area contributed by atoms with Crippen molar-refractivity contribution in [3.8, 4) is 5.69 Å². The van der Waals surface area contributed by atoms with Crippen LogP contribution in [-0.4, -0.2) is 46.3 Å². The molecule has 2 fully saturated rings. The van der Waals surface area contributed by atoms with Gasteiger partial charge < -0.3 is 10.2 Å². The number of halogens is 1. The predicted octanol–water partition coefficient (Wildman–Crippen LogP) is 3.44. The Kier molecular flexibility index (Phi) is 5.00. The molecule has 26 heavy (non-hydrogen) atoms. The quantitative estimate of drug-likeness (QED) is 0.874. The van der Waals surface area contributed by atoms with Gasteiger partial charge in [0.05, 0.1) is 16.9 Å². The van der Waals surface area contributed by atoms with E-state index in [-0.39, 0.29) is 5.91 Å². The van der Waals surface area contributed by atoms with Crippen LogP contribution < -0.4 is 5.32 Å². The van der Waals surface area contributed by atoms with Crippen LogP contribution >= 0.6 is 11.6 Å². The molecular formula is C20H25ClN4O. The predicted molar refractivity (Wildman–Crippen MR) is 103 cm³/mol. The van der Waals surface area contributed by atoms with Crippen LogP contribution in [0.2, 0.25) is 5.02 Å². The average Bonchev–Trinajstić information content (AvgIpc) is 3.41. The molecule has 2 heterocycles. The monoisotopic (exact) mass is 372 g/mol. The Morgan fingerprint density at radius 3 is 2.54 bits per heavy atom. The molecule has 6 heteroatoms. The number of benzene rings is 1. The number of amides is 1.